The number of aliphatic imine (C=N–C) groups is 1. The standard InChI is InChI=1S/C22H37N5O.HI/c1-18(28)27-16-14-26(15-17-27)13-12-25-21(23-5)24-11-10-19-6-8-20(9-7-19)22(2,3)4;/h6-9H,10-17H2,1-5H3,(H2,23,24,25);1H. The first-order valence-corrected chi connectivity index (χ1v) is 10.3. The van der Waals surface area contributed by atoms with Crippen LogP contribution in [0.2, 0.25) is 0 Å². The Morgan fingerprint density at radius 2 is 1.62 bits per heavy atom. The fraction of sp³-hybridized carbons (Fsp3) is 0.636. The van der Waals surface area contributed by atoms with E-state index in [1.54, 1.807) is 14.0 Å². The number of hydrogen-bond donors (Lipinski definition) is 2. The fourth-order valence-electron chi connectivity index (χ4n) is 3.34. The van der Waals surface area contributed by atoms with E-state index < -0.39 is 0 Å². The van der Waals surface area contributed by atoms with Crippen molar-refractivity contribution in [3.63, 3.8) is 0 Å². The lowest BCUT2D eigenvalue weighted by Crippen LogP contribution is -2.50. The van der Waals surface area contributed by atoms with Crippen molar-refractivity contribution in [3.05, 3.63) is 35.4 Å². The Hall–Kier alpha value is -1.35. The molecule has 1 aliphatic heterocycles. The van der Waals surface area contributed by atoms with E-state index >= 15 is 0 Å². The molecule has 1 aromatic rings. The van der Waals surface area contributed by atoms with Gasteiger partial charge < -0.3 is 15.5 Å². The molecule has 1 fully saturated rings. The van der Waals surface area contributed by atoms with E-state index in [0.717, 1.165) is 58.2 Å². The van der Waals surface area contributed by atoms with Gasteiger partial charge in [0.05, 0.1) is 0 Å². The first kappa shape index (κ1) is 25.7. The van der Waals surface area contributed by atoms with E-state index in [1.807, 2.05) is 4.90 Å². The Morgan fingerprint density at radius 3 is 2.14 bits per heavy atom. The Balaban J connectivity index is 0.00000420. The van der Waals surface area contributed by atoms with Crippen molar-refractivity contribution in [2.24, 2.45) is 4.99 Å². The molecule has 0 bridgehead atoms. The lowest BCUT2D eigenvalue weighted by atomic mass is 9.86. The second-order valence-corrected chi connectivity index (χ2v) is 8.47. The molecule has 0 atom stereocenters. The number of hydrogen-bond acceptors (Lipinski definition) is 3. The van der Waals surface area contributed by atoms with E-state index in [4.69, 9.17) is 0 Å². The number of amides is 1. The number of rotatable bonds is 6. The largest absolute Gasteiger partial charge is 0.356 e. The van der Waals surface area contributed by atoms with Gasteiger partial charge in [-0.3, -0.25) is 14.7 Å². The van der Waals surface area contributed by atoms with Gasteiger partial charge in [0.1, 0.15) is 0 Å². The molecule has 2 N–H and O–H groups in total. The first-order valence-electron chi connectivity index (χ1n) is 10.3. The van der Waals surface area contributed by atoms with Gasteiger partial charge in [-0.15, -0.1) is 24.0 Å². The summed E-state index contributed by atoms with van der Waals surface area (Å²) < 4.78 is 0. The first-order chi connectivity index (χ1) is 13.3. The Morgan fingerprint density at radius 1 is 1.03 bits per heavy atom. The number of carbonyl (C=O) groups is 1. The maximum atomic E-state index is 11.4. The zero-order valence-electron chi connectivity index (χ0n) is 18.6. The van der Waals surface area contributed by atoms with Crippen molar-refractivity contribution in [2.75, 3.05) is 52.9 Å². The molecule has 7 heteroatoms. The highest BCUT2D eigenvalue weighted by molar-refractivity contribution is 14.0. The summed E-state index contributed by atoms with van der Waals surface area (Å²) in [6, 6.07) is 8.90. The molecule has 0 spiro atoms. The summed E-state index contributed by atoms with van der Waals surface area (Å²) in [5.74, 6) is 1.02. The van der Waals surface area contributed by atoms with Crippen molar-refractivity contribution < 1.29 is 4.79 Å². The van der Waals surface area contributed by atoms with Crippen LogP contribution in [0.4, 0.5) is 0 Å². The molecule has 0 radical (unpaired) electrons. The molecule has 29 heavy (non-hydrogen) atoms. The predicted molar refractivity (Wildman–Crippen MR) is 132 cm³/mol. The maximum Gasteiger partial charge on any atom is 0.219 e. The summed E-state index contributed by atoms with van der Waals surface area (Å²) in [7, 11) is 1.80. The van der Waals surface area contributed by atoms with Gasteiger partial charge in [-0.25, -0.2) is 0 Å². The highest BCUT2D eigenvalue weighted by Crippen LogP contribution is 2.22. The van der Waals surface area contributed by atoms with Crippen LogP contribution in [0.5, 0.6) is 0 Å². The molecule has 2 rings (SSSR count). The van der Waals surface area contributed by atoms with Crippen LogP contribution in [0.1, 0.15) is 38.8 Å². The second-order valence-electron chi connectivity index (χ2n) is 8.47. The van der Waals surface area contributed by atoms with Gasteiger partial charge in [-0.05, 0) is 23.0 Å². The van der Waals surface area contributed by atoms with Gasteiger partial charge in [-0.1, -0.05) is 45.0 Å². The fourth-order valence-corrected chi connectivity index (χ4v) is 3.34. The molecule has 1 amide bonds. The predicted octanol–water partition coefficient (Wildman–Crippen LogP) is 2.47. The topological polar surface area (TPSA) is 60.0 Å². The molecule has 1 aliphatic rings. The number of piperazine rings is 1. The number of carbonyl (C=O) groups excluding carboxylic acids is 1. The third-order valence-electron chi connectivity index (χ3n) is 5.29. The van der Waals surface area contributed by atoms with Crippen LogP contribution in [0.3, 0.4) is 0 Å². The maximum absolute atomic E-state index is 11.4. The minimum absolute atomic E-state index is 0. The van der Waals surface area contributed by atoms with E-state index in [1.165, 1.54) is 11.1 Å². The molecule has 6 nitrogen and oxygen atoms in total. The molecule has 1 heterocycles. The summed E-state index contributed by atoms with van der Waals surface area (Å²) in [6.45, 7) is 14.6. The van der Waals surface area contributed by atoms with Crippen molar-refractivity contribution in [1.82, 2.24) is 20.4 Å². The minimum Gasteiger partial charge on any atom is -0.356 e. The molecular formula is C22H38IN5O. The van der Waals surface area contributed by atoms with Gasteiger partial charge in [0.25, 0.3) is 0 Å². The zero-order valence-corrected chi connectivity index (χ0v) is 21.0. The monoisotopic (exact) mass is 515 g/mol. The summed E-state index contributed by atoms with van der Waals surface area (Å²) in [4.78, 5) is 20.0. The van der Waals surface area contributed by atoms with Crippen molar-refractivity contribution >= 4 is 35.8 Å². The van der Waals surface area contributed by atoms with E-state index in [-0.39, 0.29) is 35.3 Å². The average molecular weight is 515 g/mol. The van der Waals surface area contributed by atoms with Crippen LogP contribution in [0.15, 0.2) is 29.3 Å². The molecule has 1 aromatic carbocycles. The van der Waals surface area contributed by atoms with Crippen LogP contribution >= 0.6 is 24.0 Å². The quantitative estimate of drug-likeness (QED) is 0.347. The highest BCUT2D eigenvalue weighted by atomic mass is 127. The number of halogens is 1. The third kappa shape index (κ3) is 8.90. The van der Waals surface area contributed by atoms with Crippen LogP contribution < -0.4 is 10.6 Å². The molecule has 0 aliphatic carbocycles. The lowest BCUT2D eigenvalue weighted by molar-refractivity contribution is -0.130. The van der Waals surface area contributed by atoms with Crippen LogP contribution in [-0.4, -0.2) is 74.5 Å². The van der Waals surface area contributed by atoms with Crippen molar-refractivity contribution in [2.45, 2.75) is 39.5 Å². The molecule has 164 valence electrons. The number of nitrogens with zero attached hydrogens (tertiary/aromatic N) is 3. The van der Waals surface area contributed by atoms with Crippen molar-refractivity contribution in [1.29, 1.82) is 0 Å². The van der Waals surface area contributed by atoms with Gasteiger partial charge in [0, 0.05) is 59.8 Å². The minimum atomic E-state index is 0. The Labute approximate surface area is 193 Å². The summed E-state index contributed by atoms with van der Waals surface area (Å²) >= 11 is 0. The molecule has 0 aromatic heterocycles. The molecular weight excluding hydrogens is 477 g/mol. The van der Waals surface area contributed by atoms with Gasteiger partial charge in [0.15, 0.2) is 5.96 Å². The van der Waals surface area contributed by atoms with Gasteiger partial charge in [0.2, 0.25) is 5.91 Å². The SMILES string of the molecule is CN=C(NCCc1ccc(C(C)(C)C)cc1)NCCN1CCN(C(C)=O)CC1.I. The summed E-state index contributed by atoms with van der Waals surface area (Å²) in [5.41, 5.74) is 2.90. The third-order valence-corrected chi connectivity index (χ3v) is 5.29. The Bertz CT molecular complexity index is 646. The number of nitrogens with one attached hydrogen (secondary N) is 2. The van der Waals surface area contributed by atoms with Crippen LogP contribution in [0, 0.1) is 0 Å². The van der Waals surface area contributed by atoms with E-state index in [2.05, 4.69) is 65.6 Å². The van der Waals surface area contributed by atoms with Gasteiger partial charge in [-0.2, -0.15) is 0 Å². The summed E-state index contributed by atoms with van der Waals surface area (Å²) in [6.07, 6.45) is 0.970. The van der Waals surface area contributed by atoms with Crippen molar-refractivity contribution in [3.8, 4) is 0 Å². The van der Waals surface area contributed by atoms with E-state index in [9.17, 15) is 4.79 Å². The lowest BCUT2D eigenvalue weighted by Gasteiger charge is -2.34. The summed E-state index contributed by atoms with van der Waals surface area (Å²) in [5, 5.41) is 6.77. The van der Waals surface area contributed by atoms with Crippen LogP contribution in [0.25, 0.3) is 0 Å². The molecule has 1 saturated heterocycles. The van der Waals surface area contributed by atoms with E-state index in [0.29, 0.717) is 0 Å². The zero-order chi connectivity index (χ0) is 20.6. The smallest absolute Gasteiger partial charge is 0.219 e. The second kappa shape index (κ2) is 12.4. The number of guanidine groups is 1. The molecule has 0 unspecified atom stereocenters. The van der Waals surface area contributed by atoms with Crippen LogP contribution in [-0.2, 0) is 16.6 Å². The average Bonchev–Trinajstić information content (AvgIpc) is 2.67. The number of benzene rings is 1. The molecule has 0 saturated carbocycles. The normalized spacial score (nSPS) is 15.6. The highest BCUT2D eigenvalue weighted by Gasteiger charge is 2.18. The van der Waals surface area contributed by atoms with Gasteiger partial charge >= 0.3 is 0 Å². The Kier molecular flexibility index (Phi) is 11.0.